The van der Waals surface area contributed by atoms with Gasteiger partial charge >= 0.3 is 5.69 Å². The number of hydrogen-bond donors (Lipinski definition) is 1. The molecule has 0 aliphatic rings. The fourth-order valence-electron chi connectivity index (χ4n) is 1.49. The molecule has 2 rings (SSSR count). The molecule has 92 valence electrons. The van der Waals surface area contributed by atoms with Gasteiger partial charge in [-0.15, -0.1) is 0 Å². The zero-order valence-corrected chi connectivity index (χ0v) is 9.58. The second kappa shape index (κ2) is 4.74. The van der Waals surface area contributed by atoms with Gasteiger partial charge in [0.2, 0.25) is 0 Å². The van der Waals surface area contributed by atoms with Crippen molar-refractivity contribution in [1.82, 2.24) is 19.7 Å². The fraction of sp³-hybridized carbons (Fsp3) is 0.182. The lowest BCUT2D eigenvalue weighted by Crippen LogP contribution is -2.38. The lowest BCUT2D eigenvalue weighted by molar-refractivity contribution is 0.101. The number of nitrogens with one attached hydrogen (secondary N) is 1. The number of hydrogen-bond acceptors (Lipinski definition) is 5. The molecule has 0 unspecified atom stereocenters. The molecular formula is C11H10N4O3. The molecule has 0 amide bonds. The third-order valence-corrected chi connectivity index (χ3v) is 2.39. The zero-order chi connectivity index (χ0) is 13.1. The number of aromatic nitrogens is 4. The maximum absolute atomic E-state index is 11.9. The van der Waals surface area contributed by atoms with Crippen LogP contribution in [0.1, 0.15) is 23.0 Å². The van der Waals surface area contributed by atoms with E-state index in [4.69, 9.17) is 0 Å². The highest BCUT2D eigenvalue weighted by Gasteiger charge is 2.11. The number of H-pyrrole nitrogens is 1. The summed E-state index contributed by atoms with van der Waals surface area (Å²) in [6, 6.07) is 3.29. The molecule has 0 atom stereocenters. The van der Waals surface area contributed by atoms with E-state index in [1.807, 2.05) is 0 Å². The number of nitrogens with zero attached hydrogens (tertiary/aromatic N) is 3. The van der Waals surface area contributed by atoms with Crippen LogP contribution in [0.4, 0.5) is 0 Å². The van der Waals surface area contributed by atoms with Gasteiger partial charge < -0.3 is 4.98 Å². The van der Waals surface area contributed by atoms with Crippen LogP contribution >= 0.6 is 0 Å². The van der Waals surface area contributed by atoms with Gasteiger partial charge in [0.25, 0.3) is 5.56 Å². The summed E-state index contributed by atoms with van der Waals surface area (Å²) in [5, 5.41) is 7.44. The van der Waals surface area contributed by atoms with Crippen molar-refractivity contribution in [3.8, 4) is 0 Å². The largest absolute Gasteiger partial charge is 0.328 e. The van der Waals surface area contributed by atoms with Gasteiger partial charge in [0.05, 0.1) is 17.8 Å². The molecule has 2 heterocycles. The van der Waals surface area contributed by atoms with Crippen LogP contribution in [0.15, 0.2) is 34.1 Å². The summed E-state index contributed by atoms with van der Waals surface area (Å²) in [5.41, 5.74) is -0.808. The van der Waals surface area contributed by atoms with Crippen LogP contribution in [0.2, 0.25) is 0 Å². The average molecular weight is 246 g/mol. The predicted octanol–water partition coefficient (Wildman–Crippen LogP) is -0.423. The first-order chi connectivity index (χ1) is 8.59. The molecule has 0 aliphatic carbocycles. The van der Waals surface area contributed by atoms with E-state index in [1.165, 1.54) is 13.1 Å². The molecule has 0 saturated carbocycles. The van der Waals surface area contributed by atoms with E-state index in [9.17, 15) is 14.4 Å². The van der Waals surface area contributed by atoms with Gasteiger partial charge in [0.15, 0.2) is 5.78 Å². The Morgan fingerprint density at radius 3 is 2.83 bits per heavy atom. The quantitative estimate of drug-likeness (QED) is 0.741. The third kappa shape index (κ3) is 2.24. The molecule has 0 bridgehead atoms. The lowest BCUT2D eigenvalue weighted by Gasteiger charge is -2.04. The standard InChI is InChI=1S/C11H10N4O3/c1-7(16)9-5-12-11(18)15(10(9)17)6-8-3-2-4-13-14-8/h2-5H,6H2,1H3,(H,12,18). The number of rotatable bonds is 3. The molecule has 0 radical (unpaired) electrons. The highest BCUT2D eigenvalue weighted by Crippen LogP contribution is 1.93. The summed E-state index contributed by atoms with van der Waals surface area (Å²) in [5.74, 6) is -0.399. The minimum absolute atomic E-state index is 0.0247. The fourth-order valence-corrected chi connectivity index (χ4v) is 1.49. The van der Waals surface area contributed by atoms with Crippen LogP contribution < -0.4 is 11.2 Å². The lowest BCUT2D eigenvalue weighted by atomic mass is 10.2. The number of carbonyl (C=O) groups excluding carboxylic acids is 1. The Morgan fingerprint density at radius 2 is 2.22 bits per heavy atom. The Labute approximate surface area is 101 Å². The number of ketones is 1. The second-order valence-corrected chi connectivity index (χ2v) is 3.67. The smallest absolute Gasteiger partial charge is 0.313 e. The summed E-state index contributed by atoms with van der Waals surface area (Å²) < 4.78 is 0.917. The van der Waals surface area contributed by atoms with E-state index in [-0.39, 0.29) is 12.1 Å². The van der Waals surface area contributed by atoms with Crippen molar-refractivity contribution in [3.05, 3.63) is 56.6 Å². The van der Waals surface area contributed by atoms with Crippen molar-refractivity contribution >= 4 is 5.78 Å². The van der Waals surface area contributed by atoms with Crippen molar-refractivity contribution in [1.29, 1.82) is 0 Å². The van der Waals surface area contributed by atoms with Crippen molar-refractivity contribution in [3.63, 3.8) is 0 Å². The molecule has 0 aliphatic heterocycles. The van der Waals surface area contributed by atoms with E-state index in [1.54, 1.807) is 12.1 Å². The SMILES string of the molecule is CC(=O)c1c[nH]c(=O)n(Cc2cccnn2)c1=O. The monoisotopic (exact) mass is 246 g/mol. The number of carbonyl (C=O) groups is 1. The first-order valence-electron chi connectivity index (χ1n) is 5.19. The number of aromatic amines is 1. The first kappa shape index (κ1) is 11.9. The van der Waals surface area contributed by atoms with Crippen molar-refractivity contribution in [2.75, 3.05) is 0 Å². The predicted molar refractivity (Wildman–Crippen MR) is 62.5 cm³/mol. The van der Waals surface area contributed by atoms with Crippen molar-refractivity contribution in [2.24, 2.45) is 0 Å². The highest BCUT2D eigenvalue weighted by molar-refractivity contribution is 5.93. The van der Waals surface area contributed by atoms with Crippen LogP contribution in [0.5, 0.6) is 0 Å². The van der Waals surface area contributed by atoms with E-state index in [0.29, 0.717) is 5.69 Å². The van der Waals surface area contributed by atoms with Gasteiger partial charge in [0, 0.05) is 12.4 Å². The molecule has 0 aromatic carbocycles. The molecule has 1 N–H and O–H groups in total. The molecule has 7 nitrogen and oxygen atoms in total. The topological polar surface area (TPSA) is 97.7 Å². The van der Waals surface area contributed by atoms with Crippen LogP contribution in [0.25, 0.3) is 0 Å². The van der Waals surface area contributed by atoms with Gasteiger partial charge in [-0.3, -0.25) is 14.2 Å². The Morgan fingerprint density at radius 1 is 1.44 bits per heavy atom. The van der Waals surface area contributed by atoms with Crippen LogP contribution in [0.3, 0.4) is 0 Å². The molecule has 0 spiro atoms. The second-order valence-electron chi connectivity index (χ2n) is 3.67. The highest BCUT2D eigenvalue weighted by atomic mass is 16.2. The number of Topliss-reactive ketones (excluding diaryl/α,β-unsaturated/α-hetero) is 1. The summed E-state index contributed by atoms with van der Waals surface area (Å²) in [6.45, 7) is 1.24. The van der Waals surface area contributed by atoms with Gasteiger partial charge in [0.1, 0.15) is 0 Å². The van der Waals surface area contributed by atoms with Gasteiger partial charge in [-0.25, -0.2) is 4.79 Å². The van der Waals surface area contributed by atoms with Crippen molar-refractivity contribution in [2.45, 2.75) is 13.5 Å². The summed E-state index contributed by atoms with van der Waals surface area (Å²) in [4.78, 5) is 37.0. The molecule has 2 aromatic heterocycles. The Kier molecular flexibility index (Phi) is 3.13. The van der Waals surface area contributed by atoms with E-state index in [2.05, 4.69) is 15.2 Å². The third-order valence-electron chi connectivity index (χ3n) is 2.39. The minimum Gasteiger partial charge on any atom is -0.313 e. The van der Waals surface area contributed by atoms with Gasteiger partial charge in [-0.1, -0.05) is 0 Å². The van der Waals surface area contributed by atoms with Gasteiger partial charge in [-0.2, -0.15) is 10.2 Å². The van der Waals surface area contributed by atoms with E-state index < -0.39 is 17.0 Å². The first-order valence-corrected chi connectivity index (χ1v) is 5.19. The average Bonchev–Trinajstić information content (AvgIpc) is 2.35. The summed E-state index contributed by atoms with van der Waals surface area (Å²) in [6.07, 6.45) is 2.61. The Hall–Kier alpha value is -2.57. The maximum Gasteiger partial charge on any atom is 0.328 e. The van der Waals surface area contributed by atoms with E-state index in [0.717, 1.165) is 10.8 Å². The molecule has 7 heteroatoms. The van der Waals surface area contributed by atoms with Crippen LogP contribution in [-0.4, -0.2) is 25.5 Å². The minimum atomic E-state index is -0.628. The Balaban J connectivity index is 2.51. The van der Waals surface area contributed by atoms with Crippen LogP contribution in [-0.2, 0) is 6.54 Å². The summed E-state index contributed by atoms with van der Waals surface area (Å²) in [7, 11) is 0. The molecule has 18 heavy (non-hydrogen) atoms. The van der Waals surface area contributed by atoms with Gasteiger partial charge in [-0.05, 0) is 19.1 Å². The van der Waals surface area contributed by atoms with E-state index >= 15 is 0 Å². The zero-order valence-electron chi connectivity index (χ0n) is 9.58. The normalized spacial score (nSPS) is 10.3. The van der Waals surface area contributed by atoms with Crippen molar-refractivity contribution < 1.29 is 4.79 Å². The summed E-state index contributed by atoms with van der Waals surface area (Å²) >= 11 is 0. The molecular weight excluding hydrogens is 236 g/mol. The molecule has 2 aromatic rings. The van der Waals surface area contributed by atoms with Crippen LogP contribution in [0, 0.1) is 0 Å². The Bertz CT molecular complexity index is 687. The molecule has 0 saturated heterocycles. The maximum atomic E-state index is 11.9. The molecule has 0 fully saturated rings.